The first-order valence-corrected chi connectivity index (χ1v) is 26.8. The second-order valence-electron chi connectivity index (χ2n) is 13.0. The van der Waals surface area contributed by atoms with Gasteiger partial charge in [0.15, 0.2) is 0 Å². The zero-order valence-corrected chi connectivity index (χ0v) is 51.5. The molecule has 92 heavy (non-hydrogen) atoms. The predicted octanol–water partition coefficient (Wildman–Crippen LogP) is 3.87. The Morgan fingerprint density at radius 3 is 0.228 bits per heavy atom. The van der Waals surface area contributed by atoms with Gasteiger partial charge in [0.2, 0.25) is 0 Å². The number of rotatable bonds is 0. The van der Waals surface area contributed by atoms with Gasteiger partial charge >= 0.3 is 34.1 Å². The molecular formula is C48H64Fe2N32O8S2. The van der Waals surface area contributed by atoms with Crippen molar-refractivity contribution in [3.63, 3.8) is 0 Å². The summed E-state index contributed by atoms with van der Waals surface area (Å²) >= 11 is 0. The quantitative estimate of drug-likeness (QED) is 0.0582. The van der Waals surface area contributed by atoms with E-state index in [-0.39, 0.29) is 34.1 Å². The van der Waals surface area contributed by atoms with E-state index in [2.05, 4.69) is 159 Å². The summed E-state index contributed by atoms with van der Waals surface area (Å²) in [5.41, 5.74) is 0. The Morgan fingerprint density at radius 2 is 0.217 bits per heavy atom. The van der Waals surface area contributed by atoms with Crippen molar-refractivity contribution >= 4 is 20.8 Å². The third-order valence-corrected chi connectivity index (χ3v) is 6.49. The normalized spacial score (nSPS) is 8.22. The molecule has 0 aliphatic carbocycles. The number of aromatic amines is 16. The minimum atomic E-state index is -5.17. The van der Waals surface area contributed by atoms with E-state index in [0.29, 0.717) is 0 Å². The van der Waals surface area contributed by atoms with Gasteiger partial charge in [-0.1, -0.05) is 0 Å². The summed E-state index contributed by atoms with van der Waals surface area (Å²) < 4.78 is 68.2. The molecular weight excluding hydrogens is 1330 g/mol. The van der Waals surface area contributed by atoms with Gasteiger partial charge in [0, 0.05) is 219 Å². The molecule has 0 fully saturated rings. The largest absolute Gasteiger partial charge is 2.00 e. The standard InChI is InChI=1S/16C3H4N2.2Fe.2H2O4S/c16*1-2-5-3-4-1;;;2*1-5(2,3)4/h16*1-3H,(H,4,5);;;2*(H2,1,2,3,4)/q;;;;;;;;;;;;;;;;2*+2;;/p-4. The van der Waals surface area contributed by atoms with Crippen molar-refractivity contribution in [2.45, 2.75) is 0 Å². The van der Waals surface area contributed by atoms with E-state index in [1.807, 2.05) is 0 Å². The van der Waals surface area contributed by atoms with Gasteiger partial charge in [-0.3, -0.25) is 16.8 Å². The van der Waals surface area contributed by atoms with E-state index in [9.17, 15) is 0 Å². The van der Waals surface area contributed by atoms with Gasteiger partial charge in [-0.15, -0.1) is 0 Å². The minimum absolute atomic E-state index is 0. The van der Waals surface area contributed by atoms with Gasteiger partial charge in [-0.25, -0.2) is 79.7 Å². The molecule has 0 unspecified atom stereocenters. The first kappa shape index (κ1) is 86.6. The van der Waals surface area contributed by atoms with Gasteiger partial charge in [-0.2, -0.15) is 0 Å². The van der Waals surface area contributed by atoms with E-state index in [1.165, 1.54) is 0 Å². The van der Waals surface area contributed by atoms with Crippen LogP contribution in [0.1, 0.15) is 0 Å². The monoisotopic (exact) mass is 1390 g/mol. The van der Waals surface area contributed by atoms with Gasteiger partial charge in [0.25, 0.3) is 0 Å². The molecule has 492 valence electrons. The van der Waals surface area contributed by atoms with Crippen LogP contribution in [0.15, 0.2) is 300 Å². The van der Waals surface area contributed by atoms with Crippen molar-refractivity contribution in [1.82, 2.24) is 159 Å². The number of nitrogens with zero attached hydrogens (tertiary/aromatic N) is 16. The summed E-state index contributed by atoms with van der Waals surface area (Å²) in [4.78, 5) is 103. The molecule has 40 nitrogen and oxygen atoms in total. The van der Waals surface area contributed by atoms with Gasteiger partial charge < -0.3 is 98.0 Å². The van der Waals surface area contributed by atoms with Crippen LogP contribution in [-0.2, 0) is 54.9 Å². The zero-order chi connectivity index (χ0) is 65.6. The van der Waals surface area contributed by atoms with E-state index >= 15 is 0 Å². The fraction of sp³-hybridized carbons (Fsp3) is 0. The van der Waals surface area contributed by atoms with Crippen LogP contribution in [0.25, 0.3) is 0 Å². The van der Waals surface area contributed by atoms with Crippen LogP contribution in [0, 0.1) is 0 Å². The van der Waals surface area contributed by atoms with Crippen LogP contribution in [0.5, 0.6) is 0 Å². The molecule has 0 saturated heterocycles. The Morgan fingerprint density at radius 1 is 0.163 bits per heavy atom. The zero-order valence-electron chi connectivity index (χ0n) is 47.7. The van der Waals surface area contributed by atoms with Crippen molar-refractivity contribution in [2.24, 2.45) is 0 Å². The summed E-state index contributed by atoms with van der Waals surface area (Å²) in [6.45, 7) is 0. The molecule has 0 saturated carbocycles. The van der Waals surface area contributed by atoms with Crippen LogP contribution in [-0.4, -0.2) is 195 Å². The molecule has 0 spiro atoms. The first-order valence-electron chi connectivity index (χ1n) is 24.2. The number of aromatic nitrogens is 32. The van der Waals surface area contributed by atoms with Crippen LogP contribution < -0.4 is 0 Å². The molecule has 0 bridgehead atoms. The van der Waals surface area contributed by atoms with E-state index < -0.39 is 20.8 Å². The number of imidazole rings is 16. The molecule has 16 heterocycles. The van der Waals surface area contributed by atoms with Gasteiger partial charge in [-0.05, 0) is 0 Å². The maximum atomic E-state index is 8.52. The van der Waals surface area contributed by atoms with Crippen LogP contribution in [0.3, 0.4) is 0 Å². The average molecular weight is 1390 g/mol. The molecule has 0 aromatic carbocycles. The molecule has 0 aliphatic heterocycles. The maximum absolute atomic E-state index is 8.52. The average Bonchev–Trinajstić information content (AvgIpc) is 4.41. The Bertz CT molecular complexity index is 2350. The Labute approximate surface area is 546 Å². The molecule has 0 amide bonds. The Balaban J connectivity index is -0.000000445. The molecule has 44 heteroatoms. The summed E-state index contributed by atoms with van der Waals surface area (Å²) in [5.74, 6) is 0. The maximum Gasteiger partial charge on any atom is 2.00 e. The number of nitrogens with one attached hydrogen (secondary N) is 16. The molecule has 16 rings (SSSR count). The van der Waals surface area contributed by atoms with Crippen molar-refractivity contribution in [3.8, 4) is 0 Å². The first-order chi connectivity index (χ1) is 44.0. The molecule has 16 aromatic rings. The second-order valence-corrected chi connectivity index (χ2v) is 14.6. The summed E-state index contributed by atoms with van der Waals surface area (Å²) in [6.07, 6.45) is 81.3. The SMILES string of the molecule is O=S(=O)([O-])[O-].O=S(=O)([O-])[O-].[Fe+2].[Fe+2].c1c[nH]cn1.c1c[nH]cn1.c1c[nH]cn1.c1c[nH]cn1.c1c[nH]cn1.c1c[nH]cn1.c1c[nH]cn1.c1c[nH]cn1.c1c[nH]cn1.c1c[nH]cn1.c1c[nH]cn1.c1c[nH]cn1.c1c[nH]cn1.c1c[nH]cn1.c1c[nH]cn1.c1c[nH]cn1. The molecule has 0 radical (unpaired) electrons. The van der Waals surface area contributed by atoms with Crippen molar-refractivity contribution in [2.75, 3.05) is 0 Å². The van der Waals surface area contributed by atoms with E-state index in [1.54, 1.807) is 300 Å². The molecule has 16 N–H and O–H groups in total. The predicted molar refractivity (Wildman–Crippen MR) is 318 cm³/mol. The smallest absolute Gasteiger partial charge is 0.759 e. The third kappa shape index (κ3) is 100. The summed E-state index contributed by atoms with van der Waals surface area (Å²) in [6, 6.07) is 0. The third-order valence-electron chi connectivity index (χ3n) is 6.49. The molecule has 0 atom stereocenters. The second kappa shape index (κ2) is 75.2. The van der Waals surface area contributed by atoms with E-state index in [0.717, 1.165) is 0 Å². The van der Waals surface area contributed by atoms with Gasteiger partial charge in [0.1, 0.15) is 0 Å². The fourth-order valence-electron chi connectivity index (χ4n) is 3.44. The summed E-state index contributed by atoms with van der Waals surface area (Å²) in [7, 11) is -10.3. The van der Waals surface area contributed by atoms with E-state index in [4.69, 9.17) is 35.0 Å². The number of H-pyrrole nitrogens is 16. The number of hydrogen-bond donors (Lipinski definition) is 16. The van der Waals surface area contributed by atoms with Crippen LogP contribution in [0.2, 0.25) is 0 Å². The Hall–Kier alpha value is -11.9. The Kier molecular flexibility index (Phi) is 70.8. The van der Waals surface area contributed by atoms with Crippen LogP contribution in [0.4, 0.5) is 0 Å². The van der Waals surface area contributed by atoms with Crippen molar-refractivity contribution in [1.29, 1.82) is 0 Å². The molecule has 0 aliphatic rings. The van der Waals surface area contributed by atoms with Crippen molar-refractivity contribution in [3.05, 3.63) is 300 Å². The minimum Gasteiger partial charge on any atom is -0.759 e. The van der Waals surface area contributed by atoms with Crippen LogP contribution >= 0.6 is 0 Å². The summed E-state index contributed by atoms with van der Waals surface area (Å²) in [5, 5.41) is 0. The van der Waals surface area contributed by atoms with Crippen molar-refractivity contribution < 1.29 is 69.2 Å². The van der Waals surface area contributed by atoms with Gasteiger partial charge in [0.05, 0.1) is 101 Å². The fourth-order valence-corrected chi connectivity index (χ4v) is 3.44. The number of hydrogen-bond acceptors (Lipinski definition) is 24. The topological polar surface area (TPSA) is 619 Å². The molecule has 16 aromatic heterocycles.